The van der Waals surface area contributed by atoms with E-state index in [1.54, 1.807) is 12.4 Å². The van der Waals surface area contributed by atoms with Gasteiger partial charge in [-0.1, -0.05) is 13.8 Å². The Hall–Kier alpha value is -1.49. The topological polar surface area (TPSA) is 58.1 Å². The van der Waals surface area contributed by atoms with Gasteiger partial charge in [-0.25, -0.2) is 4.98 Å². The highest BCUT2D eigenvalue weighted by molar-refractivity contribution is 5.92. The highest BCUT2D eigenvalue weighted by atomic mass is 16.2. The second kappa shape index (κ2) is 6.61. The van der Waals surface area contributed by atoms with Crippen molar-refractivity contribution in [2.24, 2.45) is 5.92 Å². The molecule has 0 radical (unpaired) electrons. The molecule has 5 heteroatoms. The maximum atomic E-state index is 12.4. The Morgan fingerprint density at radius 1 is 1.53 bits per heavy atom. The van der Waals surface area contributed by atoms with Gasteiger partial charge in [0.15, 0.2) is 0 Å². The van der Waals surface area contributed by atoms with Crippen molar-refractivity contribution in [2.75, 3.05) is 19.6 Å². The molecule has 1 aliphatic heterocycles. The lowest BCUT2D eigenvalue weighted by Gasteiger charge is -2.25. The van der Waals surface area contributed by atoms with Gasteiger partial charge in [0.1, 0.15) is 5.69 Å². The zero-order valence-electron chi connectivity index (χ0n) is 11.7. The summed E-state index contributed by atoms with van der Waals surface area (Å²) in [5.74, 6) is 0.620. The van der Waals surface area contributed by atoms with Gasteiger partial charge in [0.05, 0.1) is 6.20 Å². The van der Waals surface area contributed by atoms with Crippen LogP contribution in [0.25, 0.3) is 0 Å². The molecular weight excluding hydrogens is 240 g/mol. The molecule has 0 saturated carbocycles. The van der Waals surface area contributed by atoms with Crippen molar-refractivity contribution in [2.45, 2.75) is 32.7 Å². The first-order valence-electron chi connectivity index (χ1n) is 6.95. The highest BCUT2D eigenvalue weighted by Crippen LogP contribution is 2.11. The van der Waals surface area contributed by atoms with Crippen molar-refractivity contribution in [3.63, 3.8) is 0 Å². The first-order valence-corrected chi connectivity index (χ1v) is 6.95. The lowest BCUT2D eigenvalue weighted by atomic mass is 10.0. The molecular formula is C14H22N4O. The number of carbonyl (C=O) groups is 1. The van der Waals surface area contributed by atoms with E-state index in [1.165, 1.54) is 6.20 Å². The minimum atomic E-state index is -0.00874. The highest BCUT2D eigenvalue weighted by Gasteiger charge is 2.23. The van der Waals surface area contributed by atoms with E-state index in [9.17, 15) is 4.79 Å². The molecule has 0 bridgehead atoms. The van der Waals surface area contributed by atoms with Crippen molar-refractivity contribution in [1.29, 1.82) is 0 Å². The van der Waals surface area contributed by atoms with E-state index in [-0.39, 0.29) is 5.91 Å². The van der Waals surface area contributed by atoms with E-state index in [0.29, 0.717) is 17.7 Å². The first kappa shape index (κ1) is 13.9. The second-order valence-corrected chi connectivity index (χ2v) is 5.48. The van der Waals surface area contributed by atoms with Gasteiger partial charge in [0, 0.05) is 31.5 Å². The Bertz CT molecular complexity index is 407. The Kier molecular flexibility index (Phi) is 4.85. The van der Waals surface area contributed by atoms with E-state index >= 15 is 0 Å². The molecule has 1 saturated heterocycles. The molecule has 19 heavy (non-hydrogen) atoms. The van der Waals surface area contributed by atoms with E-state index in [2.05, 4.69) is 29.1 Å². The summed E-state index contributed by atoms with van der Waals surface area (Å²) in [6.07, 6.45) is 6.76. The number of amides is 1. The number of nitrogens with zero attached hydrogens (tertiary/aromatic N) is 3. The van der Waals surface area contributed by atoms with Gasteiger partial charge in [0.25, 0.3) is 5.91 Å². The average molecular weight is 262 g/mol. The Balaban J connectivity index is 2.03. The third-order valence-corrected chi connectivity index (χ3v) is 3.30. The van der Waals surface area contributed by atoms with Crippen LogP contribution in [0.4, 0.5) is 0 Å². The molecule has 1 aromatic rings. The molecule has 0 aromatic carbocycles. The van der Waals surface area contributed by atoms with Gasteiger partial charge < -0.3 is 10.2 Å². The van der Waals surface area contributed by atoms with Crippen LogP contribution < -0.4 is 5.32 Å². The molecule has 1 aromatic heterocycles. The van der Waals surface area contributed by atoms with Crippen LogP contribution in [0.3, 0.4) is 0 Å². The Morgan fingerprint density at radius 2 is 2.37 bits per heavy atom. The lowest BCUT2D eigenvalue weighted by molar-refractivity contribution is 0.0743. The number of carbonyl (C=O) groups excluding carboxylic acids is 1. The summed E-state index contributed by atoms with van der Waals surface area (Å²) in [5.41, 5.74) is 0.438. The zero-order chi connectivity index (χ0) is 13.7. The van der Waals surface area contributed by atoms with Gasteiger partial charge in [-0.3, -0.25) is 9.78 Å². The Morgan fingerprint density at radius 3 is 3.05 bits per heavy atom. The van der Waals surface area contributed by atoms with Crippen LogP contribution in [0.2, 0.25) is 0 Å². The zero-order valence-corrected chi connectivity index (χ0v) is 11.7. The quantitative estimate of drug-likeness (QED) is 0.892. The number of hydrogen-bond acceptors (Lipinski definition) is 4. The maximum Gasteiger partial charge on any atom is 0.274 e. The van der Waals surface area contributed by atoms with Crippen molar-refractivity contribution >= 4 is 5.91 Å². The van der Waals surface area contributed by atoms with Gasteiger partial charge in [-0.2, -0.15) is 0 Å². The van der Waals surface area contributed by atoms with E-state index in [4.69, 9.17) is 0 Å². The molecule has 104 valence electrons. The van der Waals surface area contributed by atoms with Crippen LogP contribution in [0.5, 0.6) is 0 Å². The SMILES string of the molecule is CC(C)CC1CN(C(=O)c2cnccn2)CCCN1. The third kappa shape index (κ3) is 3.99. The predicted molar refractivity (Wildman–Crippen MR) is 73.8 cm³/mol. The molecule has 1 aliphatic rings. The first-order chi connectivity index (χ1) is 9.16. The summed E-state index contributed by atoms with van der Waals surface area (Å²) >= 11 is 0. The summed E-state index contributed by atoms with van der Waals surface area (Å²) in [6, 6.07) is 0.378. The van der Waals surface area contributed by atoms with Crippen LogP contribution in [-0.4, -0.2) is 46.5 Å². The number of hydrogen-bond donors (Lipinski definition) is 1. The van der Waals surface area contributed by atoms with Crippen molar-refractivity contribution in [3.05, 3.63) is 24.3 Å². The number of rotatable bonds is 3. The molecule has 1 amide bonds. The summed E-state index contributed by atoms with van der Waals surface area (Å²) in [6.45, 7) is 6.94. The number of nitrogens with one attached hydrogen (secondary N) is 1. The summed E-state index contributed by atoms with van der Waals surface area (Å²) in [7, 11) is 0. The fourth-order valence-corrected chi connectivity index (χ4v) is 2.48. The van der Waals surface area contributed by atoms with Crippen LogP contribution >= 0.6 is 0 Å². The van der Waals surface area contributed by atoms with Gasteiger partial charge in [-0.15, -0.1) is 0 Å². The van der Waals surface area contributed by atoms with Crippen LogP contribution in [0.1, 0.15) is 37.2 Å². The maximum absolute atomic E-state index is 12.4. The summed E-state index contributed by atoms with van der Waals surface area (Å²) in [5, 5.41) is 3.52. The van der Waals surface area contributed by atoms with Gasteiger partial charge >= 0.3 is 0 Å². The normalized spacial score (nSPS) is 20.4. The molecule has 5 nitrogen and oxygen atoms in total. The van der Waals surface area contributed by atoms with E-state index in [0.717, 1.165) is 32.5 Å². The van der Waals surface area contributed by atoms with Gasteiger partial charge in [-0.05, 0) is 25.3 Å². The molecule has 1 unspecified atom stereocenters. The fraction of sp³-hybridized carbons (Fsp3) is 0.643. The second-order valence-electron chi connectivity index (χ2n) is 5.48. The minimum Gasteiger partial charge on any atom is -0.336 e. The van der Waals surface area contributed by atoms with Gasteiger partial charge in [0.2, 0.25) is 0 Å². The van der Waals surface area contributed by atoms with Crippen LogP contribution in [0, 0.1) is 5.92 Å². The molecule has 0 spiro atoms. The summed E-state index contributed by atoms with van der Waals surface area (Å²) < 4.78 is 0. The number of aromatic nitrogens is 2. The monoisotopic (exact) mass is 262 g/mol. The Labute approximate surface area is 114 Å². The molecule has 2 heterocycles. The van der Waals surface area contributed by atoms with E-state index in [1.807, 2.05) is 4.90 Å². The van der Waals surface area contributed by atoms with E-state index < -0.39 is 0 Å². The fourth-order valence-electron chi connectivity index (χ4n) is 2.48. The average Bonchev–Trinajstić information content (AvgIpc) is 2.64. The molecule has 2 rings (SSSR count). The predicted octanol–water partition coefficient (Wildman–Crippen LogP) is 1.33. The molecule has 0 aliphatic carbocycles. The minimum absolute atomic E-state index is 0.00874. The third-order valence-electron chi connectivity index (χ3n) is 3.30. The molecule has 1 fully saturated rings. The largest absolute Gasteiger partial charge is 0.336 e. The smallest absolute Gasteiger partial charge is 0.274 e. The van der Waals surface area contributed by atoms with Crippen molar-refractivity contribution < 1.29 is 4.79 Å². The molecule has 1 N–H and O–H groups in total. The lowest BCUT2D eigenvalue weighted by Crippen LogP contribution is -2.41. The van der Waals surface area contributed by atoms with Crippen LogP contribution in [-0.2, 0) is 0 Å². The summed E-state index contributed by atoms with van der Waals surface area (Å²) in [4.78, 5) is 22.3. The van der Waals surface area contributed by atoms with Crippen LogP contribution in [0.15, 0.2) is 18.6 Å². The molecule has 1 atom stereocenters. The van der Waals surface area contributed by atoms with Crippen molar-refractivity contribution in [1.82, 2.24) is 20.2 Å². The standard InChI is InChI=1S/C14H22N4O/c1-11(2)8-12-10-18(7-3-4-16-12)14(19)13-9-15-5-6-17-13/h5-6,9,11-12,16H,3-4,7-8,10H2,1-2H3. The van der Waals surface area contributed by atoms with Crippen molar-refractivity contribution in [3.8, 4) is 0 Å².